The zero-order valence-corrected chi connectivity index (χ0v) is 11.8. The SMILES string of the molecule is Nc1ccc2c(c1)C(=O)N(Cc1ccc(Cl)s1)CC2. The Morgan fingerprint density at radius 1 is 1.32 bits per heavy atom. The Morgan fingerprint density at radius 3 is 2.89 bits per heavy atom. The first-order valence-corrected chi connectivity index (χ1v) is 7.25. The number of amides is 1. The number of nitrogens with zero attached hydrogens (tertiary/aromatic N) is 1. The lowest BCUT2D eigenvalue weighted by Crippen LogP contribution is -2.36. The van der Waals surface area contributed by atoms with Gasteiger partial charge < -0.3 is 10.6 Å². The molecule has 19 heavy (non-hydrogen) atoms. The molecule has 2 aromatic rings. The van der Waals surface area contributed by atoms with Gasteiger partial charge in [0.05, 0.1) is 10.9 Å². The van der Waals surface area contributed by atoms with Crippen molar-refractivity contribution in [3.63, 3.8) is 0 Å². The predicted molar refractivity (Wildman–Crippen MR) is 78.6 cm³/mol. The van der Waals surface area contributed by atoms with Gasteiger partial charge in [0.15, 0.2) is 0 Å². The van der Waals surface area contributed by atoms with E-state index in [-0.39, 0.29) is 5.91 Å². The molecule has 0 radical (unpaired) electrons. The van der Waals surface area contributed by atoms with Crippen LogP contribution < -0.4 is 5.73 Å². The molecule has 1 amide bonds. The zero-order chi connectivity index (χ0) is 13.4. The number of thiophene rings is 1. The summed E-state index contributed by atoms with van der Waals surface area (Å²) < 4.78 is 0.754. The van der Waals surface area contributed by atoms with E-state index in [0.717, 1.165) is 33.3 Å². The molecular weight excluding hydrogens is 280 g/mol. The van der Waals surface area contributed by atoms with E-state index in [1.165, 1.54) is 11.3 Å². The van der Waals surface area contributed by atoms with Gasteiger partial charge in [-0.1, -0.05) is 17.7 Å². The molecule has 5 heteroatoms. The van der Waals surface area contributed by atoms with Crippen LogP contribution in [0.25, 0.3) is 0 Å². The smallest absolute Gasteiger partial charge is 0.254 e. The highest BCUT2D eigenvalue weighted by Gasteiger charge is 2.24. The fourth-order valence-electron chi connectivity index (χ4n) is 2.31. The molecule has 0 saturated heterocycles. The molecule has 0 bridgehead atoms. The highest BCUT2D eigenvalue weighted by molar-refractivity contribution is 7.16. The molecule has 1 aromatic carbocycles. The number of nitrogen functional groups attached to an aromatic ring is 1. The lowest BCUT2D eigenvalue weighted by molar-refractivity contribution is 0.0729. The van der Waals surface area contributed by atoms with Crippen LogP contribution in [-0.2, 0) is 13.0 Å². The first-order chi connectivity index (χ1) is 9.13. The highest BCUT2D eigenvalue weighted by Crippen LogP contribution is 2.26. The monoisotopic (exact) mass is 292 g/mol. The second kappa shape index (κ2) is 4.87. The van der Waals surface area contributed by atoms with E-state index in [1.54, 1.807) is 6.07 Å². The van der Waals surface area contributed by atoms with E-state index in [2.05, 4.69) is 0 Å². The van der Waals surface area contributed by atoms with Crippen molar-refractivity contribution in [2.24, 2.45) is 0 Å². The van der Waals surface area contributed by atoms with Crippen LogP contribution in [0.2, 0.25) is 4.34 Å². The fraction of sp³-hybridized carbons (Fsp3) is 0.214. The topological polar surface area (TPSA) is 46.3 Å². The summed E-state index contributed by atoms with van der Waals surface area (Å²) in [5.41, 5.74) is 8.21. The van der Waals surface area contributed by atoms with Crippen molar-refractivity contribution in [2.45, 2.75) is 13.0 Å². The molecule has 1 aliphatic rings. The van der Waals surface area contributed by atoms with Crippen LogP contribution in [0, 0.1) is 0 Å². The van der Waals surface area contributed by atoms with E-state index in [4.69, 9.17) is 17.3 Å². The molecule has 3 rings (SSSR count). The second-order valence-corrected chi connectivity index (χ2v) is 6.40. The number of carbonyl (C=O) groups is 1. The number of fused-ring (bicyclic) bond motifs is 1. The first-order valence-electron chi connectivity index (χ1n) is 6.05. The maximum absolute atomic E-state index is 12.4. The van der Waals surface area contributed by atoms with Gasteiger partial charge in [-0.2, -0.15) is 0 Å². The van der Waals surface area contributed by atoms with Crippen LogP contribution in [0.15, 0.2) is 30.3 Å². The maximum atomic E-state index is 12.4. The van der Waals surface area contributed by atoms with Gasteiger partial charge in [0.25, 0.3) is 5.91 Å². The quantitative estimate of drug-likeness (QED) is 0.864. The minimum atomic E-state index is 0.0538. The van der Waals surface area contributed by atoms with Crippen molar-refractivity contribution in [3.05, 3.63) is 50.7 Å². The number of halogens is 1. The minimum absolute atomic E-state index is 0.0538. The number of nitrogens with two attached hydrogens (primary N) is 1. The summed E-state index contributed by atoms with van der Waals surface area (Å²) in [6, 6.07) is 9.39. The molecule has 1 aromatic heterocycles. The van der Waals surface area contributed by atoms with Gasteiger partial charge in [-0.3, -0.25) is 4.79 Å². The zero-order valence-electron chi connectivity index (χ0n) is 10.2. The van der Waals surface area contributed by atoms with E-state index in [9.17, 15) is 4.79 Å². The van der Waals surface area contributed by atoms with Crippen molar-refractivity contribution < 1.29 is 4.79 Å². The lowest BCUT2D eigenvalue weighted by Gasteiger charge is -2.28. The number of carbonyl (C=O) groups excluding carboxylic acids is 1. The molecule has 3 nitrogen and oxygen atoms in total. The molecular formula is C14H13ClN2OS. The molecule has 0 aliphatic carbocycles. The van der Waals surface area contributed by atoms with Crippen molar-refractivity contribution in [3.8, 4) is 0 Å². The summed E-state index contributed by atoms with van der Waals surface area (Å²) >= 11 is 7.43. The van der Waals surface area contributed by atoms with Gasteiger partial charge in [-0.15, -0.1) is 11.3 Å². The van der Waals surface area contributed by atoms with E-state index < -0.39 is 0 Å². The fourth-order valence-corrected chi connectivity index (χ4v) is 3.42. The van der Waals surface area contributed by atoms with Crippen LogP contribution in [0.1, 0.15) is 20.8 Å². The van der Waals surface area contributed by atoms with E-state index in [1.807, 2.05) is 29.2 Å². The summed E-state index contributed by atoms with van der Waals surface area (Å²) in [7, 11) is 0. The Hall–Kier alpha value is -1.52. The largest absolute Gasteiger partial charge is 0.399 e. The van der Waals surface area contributed by atoms with Gasteiger partial charge >= 0.3 is 0 Å². The molecule has 0 spiro atoms. The summed E-state index contributed by atoms with van der Waals surface area (Å²) in [5.74, 6) is 0.0538. The van der Waals surface area contributed by atoms with Crippen molar-refractivity contribution in [2.75, 3.05) is 12.3 Å². The highest BCUT2D eigenvalue weighted by atomic mass is 35.5. The van der Waals surface area contributed by atoms with Gasteiger partial charge in [-0.25, -0.2) is 0 Å². The van der Waals surface area contributed by atoms with Gasteiger partial charge in [0, 0.05) is 22.7 Å². The Bertz CT molecular complexity index is 638. The number of rotatable bonds is 2. The average molecular weight is 293 g/mol. The van der Waals surface area contributed by atoms with Crippen molar-refractivity contribution in [1.29, 1.82) is 0 Å². The third-order valence-corrected chi connectivity index (χ3v) is 4.49. The van der Waals surface area contributed by atoms with Crippen LogP contribution in [-0.4, -0.2) is 17.4 Å². The lowest BCUT2D eigenvalue weighted by atomic mass is 9.98. The Balaban J connectivity index is 1.85. The van der Waals surface area contributed by atoms with E-state index >= 15 is 0 Å². The standard InChI is InChI=1S/C14H13ClN2OS/c15-13-4-3-11(19-13)8-17-6-5-9-1-2-10(16)7-12(9)14(17)18/h1-4,7H,5-6,8,16H2. The summed E-state index contributed by atoms with van der Waals surface area (Å²) in [6.45, 7) is 1.36. The number of hydrogen-bond donors (Lipinski definition) is 1. The summed E-state index contributed by atoms with van der Waals surface area (Å²) in [6.07, 6.45) is 0.875. The predicted octanol–water partition coefficient (Wildman–Crippen LogP) is 3.18. The second-order valence-electron chi connectivity index (χ2n) is 4.60. The first kappa shape index (κ1) is 12.5. The number of anilines is 1. The molecule has 0 saturated carbocycles. The van der Waals surface area contributed by atoms with Crippen LogP contribution >= 0.6 is 22.9 Å². The molecule has 0 atom stereocenters. The minimum Gasteiger partial charge on any atom is -0.399 e. The molecule has 2 N–H and O–H groups in total. The number of benzene rings is 1. The van der Waals surface area contributed by atoms with Crippen LogP contribution in [0.5, 0.6) is 0 Å². The van der Waals surface area contributed by atoms with Crippen LogP contribution in [0.4, 0.5) is 5.69 Å². The molecule has 0 fully saturated rings. The van der Waals surface area contributed by atoms with E-state index in [0.29, 0.717) is 12.2 Å². The number of hydrogen-bond acceptors (Lipinski definition) is 3. The summed E-state index contributed by atoms with van der Waals surface area (Å²) in [5, 5.41) is 0. The molecule has 2 heterocycles. The van der Waals surface area contributed by atoms with Crippen LogP contribution in [0.3, 0.4) is 0 Å². The van der Waals surface area contributed by atoms with Gasteiger partial charge in [0.2, 0.25) is 0 Å². The van der Waals surface area contributed by atoms with Gasteiger partial charge in [0.1, 0.15) is 0 Å². The normalized spacial score (nSPS) is 14.6. The van der Waals surface area contributed by atoms with Crippen molar-refractivity contribution >= 4 is 34.5 Å². The Labute approximate surface area is 120 Å². The van der Waals surface area contributed by atoms with Gasteiger partial charge in [-0.05, 0) is 36.2 Å². The third kappa shape index (κ3) is 2.46. The summed E-state index contributed by atoms with van der Waals surface area (Å²) in [4.78, 5) is 15.4. The third-order valence-electron chi connectivity index (χ3n) is 3.28. The molecule has 98 valence electrons. The Kier molecular flexibility index (Phi) is 3.21. The van der Waals surface area contributed by atoms with Crippen molar-refractivity contribution in [1.82, 2.24) is 4.90 Å². The maximum Gasteiger partial charge on any atom is 0.254 e. The molecule has 1 aliphatic heterocycles. The average Bonchev–Trinajstić information content (AvgIpc) is 2.79. The molecule has 0 unspecified atom stereocenters. The Morgan fingerprint density at radius 2 is 2.16 bits per heavy atom.